The predicted molar refractivity (Wildman–Crippen MR) is 186 cm³/mol. The average Bonchev–Trinajstić information content (AvgIpc) is 3.57. The summed E-state index contributed by atoms with van der Waals surface area (Å²) in [6.07, 6.45) is 9.71. The van der Waals surface area contributed by atoms with Gasteiger partial charge < -0.3 is 19.9 Å². The fourth-order valence-corrected chi connectivity index (χ4v) is 5.77. The van der Waals surface area contributed by atoms with Crippen molar-refractivity contribution in [3.8, 4) is 16.9 Å². The number of carbonyl (C=O) groups is 1. The van der Waals surface area contributed by atoms with Crippen LogP contribution in [0.3, 0.4) is 0 Å². The topological polar surface area (TPSA) is 103 Å². The summed E-state index contributed by atoms with van der Waals surface area (Å²) >= 11 is 0. The number of nitrogens with zero attached hydrogens (tertiary/aromatic N) is 4. The summed E-state index contributed by atoms with van der Waals surface area (Å²) in [4.78, 5) is 36.8. The molecule has 0 unspecified atom stereocenters. The Kier molecular flexibility index (Phi) is 10.5. The van der Waals surface area contributed by atoms with Gasteiger partial charge in [0.15, 0.2) is 0 Å². The van der Waals surface area contributed by atoms with E-state index >= 15 is 0 Å². The number of pyridine rings is 2. The first kappa shape index (κ1) is 32.5. The van der Waals surface area contributed by atoms with Crippen LogP contribution in [0.4, 0.5) is 16.2 Å². The molecule has 0 fully saturated rings. The second-order valence-corrected chi connectivity index (χ2v) is 12.2. The first-order valence-corrected chi connectivity index (χ1v) is 16.2. The highest BCUT2D eigenvalue weighted by Crippen LogP contribution is 2.36. The molecular formula is C37H44N6O3. The van der Waals surface area contributed by atoms with Gasteiger partial charge in [0.25, 0.3) is 5.56 Å². The molecule has 5 rings (SSSR count). The monoisotopic (exact) mass is 620 g/mol. The molecule has 46 heavy (non-hydrogen) atoms. The number of nitrogens with one attached hydrogen (secondary N) is 2. The zero-order valence-electron chi connectivity index (χ0n) is 27.4. The van der Waals surface area contributed by atoms with E-state index in [1.54, 1.807) is 23.3 Å². The van der Waals surface area contributed by atoms with Crippen LogP contribution in [0.15, 0.2) is 84.3 Å². The van der Waals surface area contributed by atoms with Crippen molar-refractivity contribution in [2.75, 3.05) is 17.2 Å². The third kappa shape index (κ3) is 7.30. The van der Waals surface area contributed by atoms with Crippen molar-refractivity contribution in [1.82, 2.24) is 19.1 Å². The van der Waals surface area contributed by atoms with Crippen LogP contribution < -0.4 is 20.9 Å². The standard InChI is InChI=1S/C37H44N6O3/c1-6-7-20-43-35-31(16-10-17-39-35)32(27-12-8-13-28(23-27)46-22-11-19-42-21-18-38-24-42)34(36(43)44)41-37(45)40-33-29(25(2)3)14-9-15-30(33)26(4)5/h8-10,12-18,21,23-26H,6-7,11,19-20,22H2,1-5H3,(H2,40,41,45). The fraction of sp³-hybridized carbons (Fsp3) is 0.351. The number of unbranched alkanes of at least 4 members (excludes halogenated alkanes) is 1. The van der Waals surface area contributed by atoms with Crippen molar-refractivity contribution >= 4 is 28.4 Å². The fourth-order valence-electron chi connectivity index (χ4n) is 5.77. The van der Waals surface area contributed by atoms with Crippen LogP contribution in [-0.4, -0.2) is 31.7 Å². The van der Waals surface area contributed by atoms with E-state index in [1.165, 1.54) is 0 Å². The van der Waals surface area contributed by atoms with Crippen molar-refractivity contribution in [2.45, 2.75) is 78.8 Å². The van der Waals surface area contributed by atoms with Crippen molar-refractivity contribution < 1.29 is 9.53 Å². The van der Waals surface area contributed by atoms with Crippen LogP contribution in [0.25, 0.3) is 22.2 Å². The Morgan fingerprint density at radius 2 is 1.63 bits per heavy atom. The van der Waals surface area contributed by atoms with Crippen LogP contribution >= 0.6 is 0 Å². The molecule has 0 aliphatic heterocycles. The summed E-state index contributed by atoms with van der Waals surface area (Å²) in [6, 6.07) is 17.1. The normalized spacial score (nSPS) is 11.4. The number of hydrogen-bond acceptors (Lipinski definition) is 5. The molecule has 0 saturated carbocycles. The number of benzene rings is 2. The van der Waals surface area contributed by atoms with Crippen molar-refractivity contribution in [2.24, 2.45) is 0 Å². The Hall–Kier alpha value is -4.92. The smallest absolute Gasteiger partial charge is 0.323 e. The highest BCUT2D eigenvalue weighted by Gasteiger charge is 2.23. The van der Waals surface area contributed by atoms with Gasteiger partial charge in [-0.25, -0.2) is 14.8 Å². The van der Waals surface area contributed by atoms with Gasteiger partial charge in [-0.15, -0.1) is 0 Å². The summed E-state index contributed by atoms with van der Waals surface area (Å²) in [5, 5.41) is 6.89. The maximum Gasteiger partial charge on any atom is 0.323 e. The van der Waals surface area contributed by atoms with Gasteiger partial charge in [-0.05, 0) is 65.6 Å². The lowest BCUT2D eigenvalue weighted by molar-refractivity contribution is 0.262. The molecule has 0 aliphatic carbocycles. The molecule has 5 aromatic rings. The molecule has 3 aromatic heterocycles. The Labute approximate surface area is 270 Å². The molecule has 3 heterocycles. The van der Waals surface area contributed by atoms with Crippen LogP contribution in [0.5, 0.6) is 5.75 Å². The van der Waals surface area contributed by atoms with E-state index < -0.39 is 6.03 Å². The highest BCUT2D eigenvalue weighted by molar-refractivity contribution is 6.07. The summed E-state index contributed by atoms with van der Waals surface area (Å²) in [5.41, 5.74) is 4.74. The SMILES string of the molecule is CCCCn1c(=O)c(NC(=O)Nc2c(C(C)C)cccc2C(C)C)c(-c2cccc(OCCCn3ccnc3)c2)c2cccnc21. The minimum absolute atomic E-state index is 0.199. The largest absolute Gasteiger partial charge is 0.494 e. The van der Waals surface area contributed by atoms with Crippen LogP contribution in [-0.2, 0) is 13.1 Å². The summed E-state index contributed by atoms with van der Waals surface area (Å²) in [7, 11) is 0. The van der Waals surface area contributed by atoms with Gasteiger partial charge in [0.2, 0.25) is 0 Å². The minimum Gasteiger partial charge on any atom is -0.494 e. The predicted octanol–water partition coefficient (Wildman–Crippen LogP) is 8.42. The van der Waals surface area contributed by atoms with E-state index in [9.17, 15) is 9.59 Å². The number of aromatic nitrogens is 4. The number of para-hydroxylation sites is 1. The zero-order chi connectivity index (χ0) is 32.6. The van der Waals surface area contributed by atoms with Gasteiger partial charge in [-0.2, -0.15) is 0 Å². The van der Waals surface area contributed by atoms with E-state index in [4.69, 9.17) is 4.74 Å². The van der Waals surface area contributed by atoms with E-state index in [0.29, 0.717) is 30.1 Å². The number of fused-ring (bicyclic) bond motifs is 1. The number of hydrogen-bond donors (Lipinski definition) is 2. The van der Waals surface area contributed by atoms with Crippen molar-refractivity contribution in [3.05, 3.63) is 101 Å². The van der Waals surface area contributed by atoms with Gasteiger partial charge in [0.1, 0.15) is 17.1 Å². The van der Waals surface area contributed by atoms with Crippen LogP contribution in [0.1, 0.15) is 76.8 Å². The lowest BCUT2D eigenvalue weighted by Crippen LogP contribution is -2.30. The highest BCUT2D eigenvalue weighted by atomic mass is 16.5. The van der Waals surface area contributed by atoms with Gasteiger partial charge in [0, 0.05) is 48.3 Å². The Morgan fingerprint density at radius 3 is 2.33 bits per heavy atom. The summed E-state index contributed by atoms with van der Waals surface area (Å²) in [5.74, 6) is 1.08. The number of rotatable bonds is 13. The molecule has 2 aromatic carbocycles. The van der Waals surface area contributed by atoms with E-state index in [1.807, 2.05) is 65.4 Å². The zero-order valence-corrected chi connectivity index (χ0v) is 27.4. The van der Waals surface area contributed by atoms with Crippen LogP contribution in [0.2, 0.25) is 0 Å². The van der Waals surface area contributed by atoms with Crippen LogP contribution in [0, 0.1) is 0 Å². The van der Waals surface area contributed by atoms with Gasteiger partial charge in [-0.1, -0.05) is 71.4 Å². The van der Waals surface area contributed by atoms with E-state index in [-0.39, 0.29) is 23.1 Å². The first-order chi connectivity index (χ1) is 22.3. The molecule has 2 amide bonds. The van der Waals surface area contributed by atoms with Gasteiger partial charge in [-0.3, -0.25) is 9.36 Å². The molecular weight excluding hydrogens is 576 g/mol. The molecule has 0 spiro atoms. The summed E-state index contributed by atoms with van der Waals surface area (Å²) < 4.78 is 9.81. The Bertz CT molecular complexity index is 1820. The molecule has 0 aliphatic rings. The first-order valence-electron chi connectivity index (χ1n) is 16.2. The number of urea groups is 1. The second kappa shape index (κ2) is 14.9. The number of anilines is 2. The Balaban J connectivity index is 1.55. The molecule has 2 N–H and O–H groups in total. The van der Waals surface area contributed by atoms with E-state index in [0.717, 1.165) is 53.6 Å². The lowest BCUT2D eigenvalue weighted by Gasteiger charge is -2.22. The molecule has 0 atom stereocenters. The van der Waals surface area contributed by atoms with E-state index in [2.05, 4.69) is 55.2 Å². The van der Waals surface area contributed by atoms with Crippen molar-refractivity contribution in [3.63, 3.8) is 0 Å². The number of ether oxygens (including phenoxy) is 1. The molecule has 240 valence electrons. The summed E-state index contributed by atoms with van der Waals surface area (Å²) in [6.45, 7) is 12.3. The maximum absolute atomic E-state index is 14.3. The Morgan fingerprint density at radius 1 is 0.891 bits per heavy atom. The second-order valence-electron chi connectivity index (χ2n) is 12.2. The molecule has 0 radical (unpaired) electrons. The lowest BCUT2D eigenvalue weighted by atomic mass is 9.93. The third-order valence-electron chi connectivity index (χ3n) is 8.12. The number of aryl methyl sites for hydroxylation is 2. The number of amides is 2. The average molecular weight is 621 g/mol. The molecule has 0 saturated heterocycles. The number of carbonyl (C=O) groups excluding carboxylic acids is 1. The van der Waals surface area contributed by atoms with Crippen molar-refractivity contribution in [1.29, 1.82) is 0 Å². The molecule has 0 bridgehead atoms. The molecule has 9 heteroatoms. The van der Waals surface area contributed by atoms with Gasteiger partial charge >= 0.3 is 6.03 Å². The maximum atomic E-state index is 14.3. The quantitative estimate of drug-likeness (QED) is 0.129. The number of imidazole rings is 1. The molecule has 9 nitrogen and oxygen atoms in total. The third-order valence-corrected chi connectivity index (χ3v) is 8.12. The van der Waals surface area contributed by atoms with Gasteiger partial charge in [0.05, 0.1) is 12.9 Å². The minimum atomic E-state index is -0.467.